The number of nitriles is 1. The summed E-state index contributed by atoms with van der Waals surface area (Å²) in [5.41, 5.74) is 0. The number of hydrogen-bond donors (Lipinski definition) is 0. The average Bonchev–Trinajstić information content (AvgIpc) is 1.37. The zero-order valence-electron chi connectivity index (χ0n) is 2.03. The first kappa shape index (κ1) is 3.78. The molecule has 0 bridgehead atoms. The van der Waals surface area contributed by atoms with Crippen LogP contribution in [0.5, 0.6) is 0 Å². The molecule has 0 atom stereocenters. The number of alkyl halides is 1. The van der Waals surface area contributed by atoms with Crippen molar-refractivity contribution in [2.75, 3.05) is 5.88 Å². The van der Waals surface area contributed by atoms with E-state index in [0.717, 1.165) is 0 Å². The topological polar surface area (TPSA) is 23.8 Å². The molecule has 0 saturated heterocycles. The molecule has 4 heavy (non-hydrogen) atoms. The highest BCUT2D eigenvalue weighted by Crippen LogP contribution is 1.61. The molecule has 0 aromatic carbocycles. The minimum absolute atomic E-state index is 0.0972. The SMILES string of the molecule is [15N]#[13C][13CH2]Cl. The number of hydrogen-bond acceptors (Lipinski definition) is 1. The van der Waals surface area contributed by atoms with Crippen LogP contribution in [0.25, 0.3) is 0 Å². The maximum atomic E-state index is 7.49. The van der Waals surface area contributed by atoms with Gasteiger partial charge in [-0.2, -0.15) is 5.26 Å². The second-order valence-corrected chi connectivity index (χ2v) is 0.559. The molecule has 0 saturated carbocycles. The molecule has 0 radical (unpaired) electrons. The molecule has 0 aliphatic carbocycles. The van der Waals surface area contributed by atoms with Crippen LogP contribution >= 0.6 is 11.6 Å². The monoisotopic (exact) mass is 78.0 g/mol. The van der Waals surface area contributed by atoms with Gasteiger partial charge in [0.05, 0.1) is 6.07 Å². The lowest BCUT2D eigenvalue weighted by Gasteiger charge is -1.44. The van der Waals surface area contributed by atoms with E-state index < -0.39 is 0 Å². The number of halogens is 1. The Bertz CT molecular complexity index is 35.8. The summed E-state index contributed by atoms with van der Waals surface area (Å²) in [5, 5.41) is 7.49. The van der Waals surface area contributed by atoms with E-state index in [1.54, 1.807) is 6.07 Å². The molecule has 0 spiro atoms. The van der Waals surface area contributed by atoms with Gasteiger partial charge < -0.3 is 0 Å². The highest BCUT2D eigenvalue weighted by atomic mass is 35.5. The molecule has 22 valence electrons. The third-order valence-electron chi connectivity index (χ3n) is 0.0598. The van der Waals surface area contributed by atoms with E-state index in [1.165, 1.54) is 0 Å². The number of nitrogens with zero attached hydrogens (tertiary/aromatic N) is 1. The summed E-state index contributed by atoms with van der Waals surface area (Å²) in [6.07, 6.45) is 0. The lowest BCUT2D eigenvalue weighted by Crippen LogP contribution is -1.47. The van der Waals surface area contributed by atoms with E-state index in [1.807, 2.05) is 0 Å². The van der Waals surface area contributed by atoms with Crippen molar-refractivity contribution in [3.8, 4) is 6.07 Å². The Morgan fingerprint density at radius 3 is 2.25 bits per heavy atom. The van der Waals surface area contributed by atoms with Crippen LogP contribution in [0.1, 0.15) is 0 Å². The van der Waals surface area contributed by atoms with Gasteiger partial charge in [0.1, 0.15) is 5.88 Å². The molecule has 0 N–H and O–H groups in total. The first-order valence-corrected chi connectivity index (χ1v) is 1.38. The van der Waals surface area contributed by atoms with Crippen LogP contribution in [-0.4, -0.2) is 5.88 Å². The highest BCUT2D eigenvalue weighted by molar-refractivity contribution is 6.19. The molecule has 0 aromatic rings. The smallest absolute Gasteiger partial charge is 0.109 e. The van der Waals surface area contributed by atoms with Crippen LogP contribution in [0.2, 0.25) is 0 Å². The van der Waals surface area contributed by atoms with Crippen molar-refractivity contribution in [1.29, 1.82) is 5.26 Å². The average molecular weight is 78.5 g/mol. The Morgan fingerprint density at radius 1 is 2.00 bits per heavy atom. The Balaban J connectivity index is 2.43. The fraction of sp³-hybridized carbons (Fsp3) is 0.500. The summed E-state index contributed by atoms with van der Waals surface area (Å²) in [6.45, 7) is 0. The second kappa shape index (κ2) is 2.78. The maximum Gasteiger partial charge on any atom is 0.109 e. The molecule has 0 rings (SSSR count). The van der Waals surface area contributed by atoms with Crippen molar-refractivity contribution >= 4 is 11.6 Å². The molecule has 1 nitrogen and oxygen atoms in total. The summed E-state index contributed by atoms with van der Waals surface area (Å²) in [5.74, 6) is 0.0972. The summed E-state index contributed by atoms with van der Waals surface area (Å²) in [4.78, 5) is 0. The number of rotatable bonds is 0. The minimum atomic E-state index is 0.0972. The van der Waals surface area contributed by atoms with Crippen LogP contribution < -0.4 is 0 Å². The molecule has 0 aliphatic heterocycles. The Kier molecular flexibility index (Phi) is 2.63. The van der Waals surface area contributed by atoms with E-state index >= 15 is 0 Å². The maximum absolute atomic E-state index is 7.49. The van der Waals surface area contributed by atoms with Crippen molar-refractivity contribution < 1.29 is 0 Å². The van der Waals surface area contributed by atoms with Gasteiger partial charge in [0, 0.05) is 0 Å². The van der Waals surface area contributed by atoms with Crippen LogP contribution in [0.3, 0.4) is 0 Å². The molecule has 2 heteroatoms. The lowest BCUT2D eigenvalue weighted by atomic mass is 11.9. The molecule has 0 aromatic heterocycles. The molecular weight excluding hydrogens is 76.5 g/mol. The van der Waals surface area contributed by atoms with Crippen LogP contribution in [0, 0.1) is 11.3 Å². The molecule has 0 aliphatic rings. The fourth-order valence-corrected chi connectivity index (χ4v) is 0. The van der Waals surface area contributed by atoms with Gasteiger partial charge in [-0.1, -0.05) is 0 Å². The standard InChI is InChI=1S/C2H2ClN/c3-1-2-4/h1H2/i1+1,2+1,4+1. The second-order valence-electron chi connectivity index (χ2n) is 0.292. The summed E-state index contributed by atoms with van der Waals surface area (Å²) in [6, 6.07) is 1.70. The minimum Gasteiger partial charge on any atom is -0.197 e. The largest absolute Gasteiger partial charge is 0.197 e. The third-order valence-corrected chi connectivity index (χ3v) is 0.179. The zero-order chi connectivity index (χ0) is 3.41. The van der Waals surface area contributed by atoms with E-state index in [4.69, 9.17) is 16.9 Å². The highest BCUT2D eigenvalue weighted by Gasteiger charge is 1.52. The Morgan fingerprint density at radius 2 is 2.25 bits per heavy atom. The molecule has 0 unspecified atom stereocenters. The van der Waals surface area contributed by atoms with Crippen LogP contribution in [0.15, 0.2) is 0 Å². The van der Waals surface area contributed by atoms with Crippen molar-refractivity contribution in [1.82, 2.24) is 0 Å². The van der Waals surface area contributed by atoms with Gasteiger partial charge in [0.15, 0.2) is 0 Å². The predicted octanol–water partition coefficient (Wildman–Crippen LogP) is 0.749. The van der Waals surface area contributed by atoms with E-state index in [-0.39, 0.29) is 5.88 Å². The molecular formula is C2H2ClN. The Labute approximate surface area is 29.8 Å². The lowest BCUT2D eigenvalue weighted by molar-refractivity contribution is 1.49. The molecule has 0 heterocycles. The zero-order valence-corrected chi connectivity index (χ0v) is 2.79. The van der Waals surface area contributed by atoms with Gasteiger partial charge in [0.25, 0.3) is 0 Å². The molecule has 0 fully saturated rings. The van der Waals surface area contributed by atoms with Gasteiger partial charge in [-0.15, -0.1) is 11.6 Å². The van der Waals surface area contributed by atoms with Crippen molar-refractivity contribution in [2.45, 2.75) is 0 Å². The van der Waals surface area contributed by atoms with Crippen molar-refractivity contribution in [3.05, 3.63) is 0 Å². The van der Waals surface area contributed by atoms with E-state index in [0.29, 0.717) is 0 Å². The van der Waals surface area contributed by atoms with Crippen molar-refractivity contribution in [3.63, 3.8) is 0 Å². The quantitative estimate of drug-likeness (QED) is 0.238. The van der Waals surface area contributed by atoms with Gasteiger partial charge in [0.2, 0.25) is 0 Å². The van der Waals surface area contributed by atoms with Crippen molar-refractivity contribution in [2.24, 2.45) is 0 Å². The Hall–Kier alpha value is -0.220. The predicted molar refractivity (Wildman–Crippen MR) is 16.3 cm³/mol. The molecule has 0 amide bonds. The summed E-state index contributed by atoms with van der Waals surface area (Å²) >= 11 is 4.82. The third kappa shape index (κ3) is 1.78. The van der Waals surface area contributed by atoms with E-state index in [9.17, 15) is 0 Å². The van der Waals surface area contributed by atoms with Gasteiger partial charge >= 0.3 is 0 Å². The van der Waals surface area contributed by atoms with Gasteiger partial charge in [-0.05, 0) is 0 Å². The van der Waals surface area contributed by atoms with Gasteiger partial charge in [-0.3, -0.25) is 0 Å². The first-order valence-electron chi connectivity index (χ1n) is 0.844. The summed E-state index contributed by atoms with van der Waals surface area (Å²) in [7, 11) is 0. The normalized spacial score (nSPS) is 5.00. The fourth-order valence-electron chi connectivity index (χ4n) is 0. The summed E-state index contributed by atoms with van der Waals surface area (Å²) < 4.78 is 0. The van der Waals surface area contributed by atoms with Crippen LogP contribution in [0.4, 0.5) is 0 Å². The van der Waals surface area contributed by atoms with Crippen LogP contribution in [-0.2, 0) is 0 Å². The first-order chi connectivity index (χ1) is 1.91. The van der Waals surface area contributed by atoms with E-state index in [2.05, 4.69) is 0 Å². The van der Waals surface area contributed by atoms with Gasteiger partial charge in [-0.25, -0.2) is 0 Å².